The van der Waals surface area contributed by atoms with Crippen LogP contribution in [-0.4, -0.2) is 70.8 Å². The molecule has 0 saturated carbocycles. The van der Waals surface area contributed by atoms with Gasteiger partial charge < -0.3 is 24.4 Å². The number of hydrogen-bond donors (Lipinski definition) is 1. The van der Waals surface area contributed by atoms with Gasteiger partial charge in [0, 0.05) is 17.3 Å². The lowest BCUT2D eigenvalue weighted by atomic mass is 9.65. The summed E-state index contributed by atoms with van der Waals surface area (Å²) in [6.45, 7) is 9.22. The van der Waals surface area contributed by atoms with Crippen LogP contribution in [0.15, 0.2) is 79.9 Å². The van der Waals surface area contributed by atoms with Gasteiger partial charge in [0.2, 0.25) is 5.91 Å². The smallest absolute Gasteiger partial charge is 0.313 e. The number of hydrogen-bond acceptors (Lipinski definition) is 6. The van der Waals surface area contributed by atoms with Crippen molar-refractivity contribution in [3.8, 4) is 0 Å². The van der Waals surface area contributed by atoms with E-state index in [1.165, 1.54) is 11.0 Å². The molecule has 0 aromatic heterocycles. The Kier molecular flexibility index (Phi) is 8.60. The third-order valence-corrected chi connectivity index (χ3v) is 9.34. The van der Waals surface area contributed by atoms with E-state index in [1.807, 2.05) is 37.3 Å². The summed E-state index contributed by atoms with van der Waals surface area (Å²) in [5.41, 5.74) is -0.707. The Morgan fingerprint density at radius 3 is 2.50 bits per heavy atom. The fourth-order valence-electron chi connectivity index (χ4n) is 7.28. The van der Waals surface area contributed by atoms with Crippen molar-refractivity contribution in [1.29, 1.82) is 0 Å². The van der Waals surface area contributed by atoms with Crippen LogP contribution in [0, 0.1) is 11.8 Å². The molecule has 2 bridgehead atoms. The van der Waals surface area contributed by atoms with Crippen molar-refractivity contribution in [2.45, 2.75) is 55.9 Å². The van der Waals surface area contributed by atoms with E-state index in [9.17, 15) is 19.5 Å². The van der Waals surface area contributed by atoms with E-state index in [0.717, 1.165) is 5.56 Å². The molecule has 6 atom stereocenters. The number of likely N-dealkylation sites (tertiary alicyclic amines) is 1. The second-order valence-corrected chi connectivity index (χ2v) is 11.7. The maximum atomic E-state index is 14.8. The Labute approximate surface area is 251 Å². The third kappa shape index (κ3) is 4.85. The summed E-state index contributed by atoms with van der Waals surface area (Å²) in [4.78, 5) is 46.0. The van der Waals surface area contributed by atoms with Gasteiger partial charge in [0.05, 0.1) is 24.2 Å². The van der Waals surface area contributed by atoms with Crippen molar-refractivity contribution in [2.75, 3.05) is 24.7 Å². The van der Waals surface area contributed by atoms with E-state index in [0.29, 0.717) is 36.4 Å². The lowest BCUT2D eigenvalue weighted by Crippen LogP contribution is -2.59. The Morgan fingerprint density at radius 1 is 1.17 bits per heavy atom. The van der Waals surface area contributed by atoms with Gasteiger partial charge in [-0.1, -0.05) is 67.6 Å². The Morgan fingerprint density at radius 2 is 1.88 bits per heavy atom. The van der Waals surface area contributed by atoms with E-state index in [-0.39, 0.29) is 31.6 Å². The van der Waals surface area contributed by atoms with E-state index in [2.05, 4.69) is 13.2 Å². The standard InChI is InChI=1S/C33H37ClN2O6/c1-4-18-35(24-14-12-23(34)13-15-24)30(39)28-33-17-16-32(6-3,42-33)27(31(40)41-19-5-2)26(33)29(38)36(28)25(21-37)20-22-10-8-7-9-11-22/h4-5,7-15,25-28,37H,1-2,6,16-21H2,3H3/t25-,26+,27-,28?,32+,33?/m1/s1. The van der Waals surface area contributed by atoms with Gasteiger partial charge in [0.25, 0.3) is 5.91 Å². The van der Waals surface area contributed by atoms with Crippen LogP contribution in [0.1, 0.15) is 31.7 Å². The van der Waals surface area contributed by atoms with Gasteiger partial charge in [-0.15, -0.1) is 6.58 Å². The molecule has 3 aliphatic heterocycles. The molecule has 1 spiro atoms. The van der Waals surface area contributed by atoms with Crippen LogP contribution < -0.4 is 4.90 Å². The molecule has 3 aliphatic rings. The Bertz CT molecular complexity index is 1350. The zero-order chi connectivity index (χ0) is 30.1. The number of aliphatic hydroxyl groups is 1. The molecule has 0 radical (unpaired) electrons. The molecule has 3 saturated heterocycles. The van der Waals surface area contributed by atoms with Crippen LogP contribution in [0.3, 0.4) is 0 Å². The van der Waals surface area contributed by atoms with Gasteiger partial charge in [-0.25, -0.2) is 0 Å². The molecule has 2 amide bonds. The van der Waals surface area contributed by atoms with Crippen LogP contribution in [0.2, 0.25) is 5.02 Å². The van der Waals surface area contributed by atoms with Gasteiger partial charge in [-0.2, -0.15) is 0 Å². The van der Waals surface area contributed by atoms with Crippen LogP contribution in [0.5, 0.6) is 0 Å². The highest BCUT2D eigenvalue weighted by molar-refractivity contribution is 6.30. The molecule has 9 heteroatoms. The number of anilines is 1. The largest absolute Gasteiger partial charge is 0.461 e. The molecule has 2 unspecified atom stereocenters. The van der Waals surface area contributed by atoms with E-state index in [1.54, 1.807) is 35.2 Å². The minimum Gasteiger partial charge on any atom is -0.461 e. The molecule has 8 nitrogen and oxygen atoms in total. The van der Waals surface area contributed by atoms with E-state index < -0.39 is 41.1 Å². The highest BCUT2D eigenvalue weighted by Gasteiger charge is 2.79. The molecule has 2 aromatic carbocycles. The summed E-state index contributed by atoms with van der Waals surface area (Å²) < 4.78 is 12.3. The second kappa shape index (κ2) is 12.0. The average Bonchev–Trinajstić information content (AvgIpc) is 3.62. The molecular weight excluding hydrogens is 556 g/mol. The van der Waals surface area contributed by atoms with Crippen molar-refractivity contribution < 1.29 is 29.0 Å². The predicted octanol–water partition coefficient (Wildman–Crippen LogP) is 4.35. The number of carbonyl (C=O) groups is 3. The number of amides is 2. The molecule has 42 heavy (non-hydrogen) atoms. The number of ether oxygens (including phenoxy) is 2. The minimum atomic E-state index is -1.27. The summed E-state index contributed by atoms with van der Waals surface area (Å²) in [6.07, 6.45) is 4.82. The van der Waals surface area contributed by atoms with Gasteiger partial charge in [0.1, 0.15) is 24.2 Å². The van der Waals surface area contributed by atoms with Crippen molar-refractivity contribution in [2.24, 2.45) is 11.8 Å². The van der Waals surface area contributed by atoms with Crippen molar-refractivity contribution in [1.82, 2.24) is 4.90 Å². The fourth-order valence-corrected chi connectivity index (χ4v) is 7.40. The number of rotatable bonds is 12. The first-order chi connectivity index (χ1) is 20.3. The molecule has 1 N–H and O–H groups in total. The lowest BCUT2D eigenvalue weighted by molar-refractivity contribution is -0.161. The van der Waals surface area contributed by atoms with Crippen LogP contribution in [0.4, 0.5) is 5.69 Å². The Hall–Kier alpha value is -3.46. The number of aliphatic hydroxyl groups excluding tert-OH is 1. The zero-order valence-corrected chi connectivity index (χ0v) is 24.5. The lowest BCUT2D eigenvalue weighted by Gasteiger charge is -2.39. The number of benzene rings is 2. The number of esters is 1. The van der Waals surface area contributed by atoms with Gasteiger partial charge in [-0.3, -0.25) is 14.4 Å². The first-order valence-electron chi connectivity index (χ1n) is 14.4. The SMILES string of the molecule is C=CCOC(=O)[C@H]1[C@H]2C(=O)N([C@@H](CO)Cc3ccccc3)C(C(=O)N(CC=C)c3ccc(Cl)cc3)C23CC[C@]1(CC)O3. The molecule has 0 aliphatic carbocycles. The topological polar surface area (TPSA) is 96.4 Å². The minimum absolute atomic E-state index is 0.00601. The first kappa shape index (κ1) is 30.0. The first-order valence-corrected chi connectivity index (χ1v) is 14.8. The molecule has 3 heterocycles. The van der Waals surface area contributed by atoms with Crippen LogP contribution >= 0.6 is 11.6 Å². The highest BCUT2D eigenvalue weighted by Crippen LogP contribution is 2.65. The van der Waals surface area contributed by atoms with Gasteiger partial charge >= 0.3 is 5.97 Å². The van der Waals surface area contributed by atoms with Crippen molar-refractivity contribution in [3.05, 3.63) is 90.5 Å². The zero-order valence-electron chi connectivity index (χ0n) is 23.8. The molecule has 5 rings (SSSR count). The van der Waals surface area contributed by atoms with E-state index >= 15 is 0 Å². The summed E-state index contributed by atoms with van der Waals surface area (Å²) in [7, 11) is 0. The van der Waals surface area contributed by atoms with Crippen molar-refractivity contribution in [3.63, 3.8) is 0 Å². The summed E-state index contributed by atoms with van der Waals surface area (Å²) >= 11 is 6.14. The van der Waals surface area contributed by atoms with Gasteiger partial charge in [-0.05, 0) is 55.5 Å². The average molecular weight is 593 g/mol. The molecular formula is C33H37ClN2O6. The van der Waals surface area contributed by atoms with E-state index in [4.69, 9.17) is 21.1 Å². The monoisotopic (exact) mass is 592 g/mol. The summed E-state index contributed by atoms with van der Waals surface area (Å²) in [5, 5.41) is 11.2. The molecule has 3 fully saturated rings. The normalized spacial score (nSPS) is 28.3. The van der Waals surface area contributed by atoms with Crippen molar-refractivity contribution >= 4 is 35.1 Å². The quantitative estimate of drug-likeness (QED) is 0.291. The van der Waals surface area contributed by atoms with Crippen LogP contribution in [-0.2, 0) is 30.3 Å². The fraction of sp³-hybridized carbons (Fsp3) is 0.424. The maximum Gasteiger partial charge on any atom is 0.313 e. The third-order valence-electron chi connectivity index (χ3n) is 9.08. The summed E-state index contributed by atoms with van der Waals surface area (Å²) in [5.74, 6) is -3.10. The highest BCUT2D eigenvalue weighted by atomic mass is 35.5. The molecule has 222 valence electrons. The van der Waals surface area contributed by atoms with Crippen LogP contribution in [0.25, 0.3) is 0 Å². The molecule has 2 aromatic rings. The number of halogens is 1. The predicted molar refractivity (Wildman–Crippen MR) is 160 cm³/mol. The second-order valence-electron chi connectivity index (χ2n) is 11.2. The van der Waals surface area contributed by atoms with Gasteiger partial charge in [0.15, 0.2) is 0 Å². The Balaban J connectivity index is 1.63. The number of fused-ring (bicyclic) bond motifs is 1. The summed E-state index contributed by atoms with van der Waals surface area (Å²) in [6, 6.07) is 14.6. The maximum absolute atomic E-state index is 14.8. The number of nitrogens with zero attached hydrogens (tertiary/aromatic N) is 2. The number of carbonyl (C=O) groups excluding carboxylic acids is 3.